The maximum Gasteiger partial charge on any atom is 0.256 e. The predicted octanol–water partition coefficient (Wildman–Crippen LogP) is 3.83. The normalized spacial score (nSPS) is 11.0. The van der Waals surface area contributed by atoms with Gasteiger partial charge in [-0.25, -0.2) is 4.68 Å². The van der Waals surface area contributed by atoms with Gasteiger partial charge in [0, 0.05) is 13.1 Å². The fourth-order valence-corrected chi connectivity index (χ4v) is 3.34. The molecule has 2 aromatic carbocycles. The highest BCUT2D eigenvalue weighted by Gasteiger charge is 2.21. The van der Waals surface area contributed by atoms with Gasteiger partial charge in [-0.05, 0) is 44.3 Å². The first-order valence-corrected chi connectivity index (χ1v) is 9.15. The second-order valence-electron chi connectivity index (χ2n) is 6.69. The molecule has 27 heavy (non-hydrogen) atoms. The van der Waals surface area contributed by atoms with E-state index in [-0.39, 0.29) is 5.91 Å². The molecule has 140 valence electrons. The molecular formula is C21H23ClN4O. The summed E-state index contributed by atoms with van der Waals surface area (Å²) in [6.07, 6.45) is 0. The molecule has 1 heterocycles. The molecule has 0 aliphatic heterocycles. The summed E-state index contributed by atoms with van der Waals surface area (Å²) in [4.78, 5) is 14.9. The summed E-state index contributed by atoms with van der Waals surface area (Å²) in [5.74, 6) is -0.223. The van der Waals surface area contributed by atoms with E-state index in [1.54, 1.807) is 11.6 Å². The number of nitrogens with zero attached hydrogens (tertiary/aromatic N) is 3. The second kappa shape index (κ2) is 8.37. The Kier molecular flexibility index (Phi) is 5.94. The number of hydrogen-bond acceptors (Lipinski definition) is 3. The Morgan fingerprint density at radius 3 is 2.37 bits per heavy atom. The van der Waals surface area contributed by atoms with Gasteiger partial charge in [-0.1, -0.05) is 54.1 Å². The molecule has 6 heteroatoms. The molecule has 5 nitrogen and oxygen atoms in total. The summed E-state index contributed by atoms with van der Waals surface area (Å²) in [5.41, 5.74) is 4.10. The van der Waals surface area contributed by atoms with Gasteiger partial charge in [0.15, 0.2) is 0 Å². The third kappa shape index (κ3) is 4.38. The van der Waals surface area contributed by atoms with Crippen LogP contribution in [0.5, 0.6) is 0 Å². The third-order valence-corrected chi connectivity index (χ3v) is 4.63. The van der Waals surface area contributed by atoms with Gasteiger partial charge >= 0.3 is 0 Å². The smallest absolute Gasteiger partial charge is 0.256 e. The van der Waals surface area contributed by atoms with Gasteiger partial charge in [-0.3, -0.25) is 4.79 Å². The van der Waals surface area contributed by atoms with Crippen LogP contribution in [-0.2, 0) is 13.1 Å². The van der Waals surface area contributed by atoms with E-state index in [0.29, 0.717) is 23.0 Å². The lowest BCUT2D eigenvalue weighted by Gasteiger charge is -2.14. The van der Waals surface area contributed by atoms with Crippen molar-refractivity contribution in [3.63, 3.8) is 0 Å². The molecule has 0 atom stereocenters. The minimum atomic E-state index is -0.223. The van der Waals surface area contributed by atoms with Crippen molar-refractivity contribution in [1.82, 2.24) is 20.0 Å². The molecule has 1 N–H and O–H groups in total. The zero-order chi connectivity index (χ0) is 19.4. The van der Waals surface area contributed by atoms with Gasteiger partial charge in [-0.2, -0.15) is 5.10 Å². The topological polar surface area (TPSA) is 50.2 Å². The number of hydrogen-bond donors (Lipinski definition) is 1. The Morgan fingerprint density at radius 1 is 1.07 bits per heavy atom. The molecule has 0 spiro atoms. The molecule has 0 saturated carbocycles. The first-order chi connectivity index (χ1) is 13.0. The predicted molar refractivity (Wildman–Crippen MR) is 108 cm³/mol. The molecule has 0 aliphatic rings. The average Bonchev–Trinajstić information content (AvgIpc) is 2.95. The van der Waals surface area contributed by atoms with Crippen LogP contribution in [-0.4, -0.2) is 34.7 Å². The SMILES string of the molecule is Cc1nn(-c2ccccc2)c(Cl)c1C(=O)NCc1ccccc1CN(C)C. The molecule has 0 radical (unpaired) electrons. The van der Waals surface area contributed by atoms with Crippen molar-refractivity contribution in [1.29, 1.82) is 0 Å². The number of aromatic nitrogens is 2. The van der Waals surface area contributed by atoms with Crippen LogP contribution < -0.4 is 5.32 Å². The molecule has 0 bridgehead atoms. The van der Waals surface area contributed by atoms with E-state index in [0.717, 1.165) is 17.8 Å². The number of para-hydroxylation sites is 1. The van der Waals surface area contributed by atoms with Gasteiger partial charge in [0.05, 0.1) is 16.9 Å². The summed E-state index contributed by atoms with van der Waals surface area (Å²) < 4.78 is 1.59. The molecule has 1 aromatic heterocycles. The number of nitrogens with one attached hydrogen (secondary N) is 1. The number of carbonyl (C=O) groups is 1. The maximum absolute atomic E-state index is 12.8. The summed E-state index contributed by atoms with van der Waals surface area (Å²) in [6, 6.07) is 17.6. The number of benzene rings is 2. The van der Waals surface area contributed by atoms with E-state index in [9.17, 15) is 4.79 Å². The van der Waals surface area contributed by atoms with Crippen LogP contribution in [0.15, 0.2) is 54.6 Å². The quantitative estimate of drug-likeness (QED) is 0.705. The van der Waals surface area contributed by atoms with Crippen molar-refractivity contribution in [3.05, 3.63) is 82.1 Å². The highest BCUT2D eigenvalue weighted by molar-refractivity contribution is 6.33. The Bertz CT molecular complexity index is 935. The van der Waals surface area contributed by atoms with Crippen molar-refractivity contribution in [2.45, 2.75) is 20.0 Å². The third-order valence-electron chi connectivity index (χ3n) is 4.28. The zero-order valence-electron chi connectivity index (χ0n) is 15.7. The summed E-state index contributed by atoms with van der Waals surface area (Å²) in [5, 5.41) is 7.73. The lowest BCUT2D eigenvalue weighted by molar-refractivity contribution is 0.0950. The highest BCUT2D eigenvalue weighted by Crippen LogP contribution is 2.23. The van der Waals surface area contributed by atoms with Gasteiger partial charge in [0.25, 0.3) is 5.91 Å². The van der Waals surface area contributed by atoms with Crippen molar-refractivity contribution >= 4 is 17.5 Å². The van der Waals surface area contributed by atoms with Crippen molar-refractivity contribution < 1.29 is 4.79 Å². The van der Waals surface area contributed by atoms with Crippen molar-refractivity contribution in [3.8, 4) is 5.69 Å². The highest BCUT2D eigenvalue weighted by atomic mass is 35.5. The minimum absolute atomic E-state index is 0.223. The summed E-state index contributed by atoms with van der Waals surface area (Å²) >= 11 is 6.47. The van der Waals surface area contributed by atoms with Gasteiger partial charge < -0.3 is 10.2 Å². The largest absolute Gasteiger partial charge is 0.348 e. The van der Waals surface area contributed by atoms with Gasteiger partial charge in [-0.15, -0.1) is 0 Å². The fraction of sp³-hybridized carbons (Fsp3) is 0.238. The molecule has 0 unspecified atom stereocenters. The van der Waals surface area contributed by atoms with Crippen LogP contribution >= 0.6 is 11.6 Å². The molecule has 0 saturated heterocycles. The number of rotatable bonds is 6. The molecule has 3 aromatic rings. The molecule has 1 amide bonds. The first-order valence-electron chi connectivity index (χ1n) is 8.77. The number of halogens is 1. The van der Waals surface area contributed by atoms with Gasteiger partial charge in [0.1, 0.15) is 5.15 Å². The van der Waals surface area contributed by atoms with Crippen molar-refractivity contribution in [2.75, 3.05) is 14.1 Å². The molecular weight excluding hydrogens is 360 g/mol. The van der Waals surface area contributed by atoms with Gasteiger partial charge in [0.2, 0.25) is 0 Å². The van der Waals surface area contributed by atoms with Crippen LogP contribution in [0.2, 0.25) is 5.15 Å². The van der Waals surface area contributed by atoms with Crippen molar-refractivity contribution in [2.24, 2.45) is 0 Å². The number of aryl methyl sites for hydroxylation is 1. The molecule has 0 fully saturated rings. The van der Waals surface area contributed by atoms with E-state index in [1.807, 2.05) is 62.6 Å². The monoisotopic (exact) mass is 382 g/mol. The lowest BCUT2D eigenvalue weighted by Crippen LogP contribution is -2.24. The van der Waals surface area contributed by atoms with E-state index in [1.165, 1.54) is 5.56 Å². The molecule has 0 aliphatic carbocycles. The van der Waals surface area contributed by atoms with E-state index >= 15 is 0 Å². The van der Waals surface area contributed by atoms with E-state index in [4.69, 9.17) is 11.6 Å². The maximum atomic E-state index is 12.8. The van der Waals surface area contributed by atoms with E-state index < -0.39 is 0 Å². The Balaban J connectivity index is 1.79. The average molecular weight is 383 g/mol. The standard InChI is InChI=1S/C21H23ClN4O/c1-15-19(20(22)26(24-15)18-11-5-4-6-12-18)21(27)23-13-16-9-7-8-10-17(16)14-25(2)3/h4-12H,13-14H2,1-3H3,(H,23,27). The number of amides is 1. The van der Waals surface area contributed by atoms with Crippen LogP contribution in [0.4, 0.5) is 0 Å². The van der Waals surface area contributed by atoms with Crippen LogP contribution in [0.3, 0.4) is 0 Å². The zero-order valence-corrected chi connectivity index (χ0v) is 16.5. The summed E-state index contributed by atoms with van der Waals surface area (Å²) in [6.45, 7) is 3.05. The van der Waals surface area contributed by atoms with Crippen LogP contribution in [0.25, 0.3) is 5.69 Å². The van der Waals surface area contributed by atoms with Crippen LogP contribution in [0, 0.1) is 6.92 Å². The fourth-order valence-electron chi connectivity index (χ4n) is 2.99. The number of carbonyl (C=O) groups excluding carboxylic acids is 1. The lowest BCUT2D eigenvalue weighted by atomic mass is 10.1. The second-order valence-corrected chi connectivity index (χ2v) is 7.05. The van der Waals surface area contributed by atoms with Crippen LogP contribution in [0.1, 0.15) is 27.2 Å². The Morgan fingerprint density at radius 2 is 1.70 bits per heavy atom. The summed E-state index contributed by atoms with van der Waals surface area (Å²) in [7, 11) is 4.05. The Hall–Kier alpha value is -2.63. The Labute approximate surface area is 164 Å². The minimum Gasteiger partial charge on any atom is -0.348 e. The first kappa shape index (κ1) is 19.1. The van der Waals surface area contributed by atoms with E-state index in [2.05, 4.69) is 21.4 Å². The molecule has 3 rings (SSSR count).